The van der Waals surface area contributed by atoms with Gasteiger partial charge in [0.05, 0.1) is 18.1 Å². The van der Waals surface area contributed by atoms with E-state index in [1.165, 1.54) is 22.5 Å². The number of benzene rings is 1. The maximum absolute atomic E-state index is 7.93. The Bertz CT molecular complexity index is 757. The molecule has 0 aliphatic carbocycles. The van der Waals surface area contributed by atoms with Crippen LogP contribution in [0.15, 0.2) is 28.0 Å². The number of thiazole rings is 1. The van der Waals surface area contributed by atoms with Crippen LogP contribution in [0.2, 0.25) is 0 Å². The third kappa shape index (κ3) is 5.66. The van der Waals surface area contributed by atoms with Gasteiger partial charge in [0, 0.05) is 11.9 Å². The summed E-state index contributed by atoms with van der Waals surface area (Å²) in [6, 6.07) is 4.19. The zero-order chi connectivity index (χ0) is 18.4. The maximum atomic E-state index is 7.93. The molecule has 0 amide bonds. The van der Waals surface area contributed by atoms with E-state index in [0.29, 0.717) is 5.69 Å². The Kier molecular flexibility index (Phi) is 7.16. The van der Waals surface area contributed by atoms with Crippen LogP contribution < -0.4 is 4.74 Å². The van der Waals surface area contributed by atoms with Crippen molar-refractivity contribution in [3.05, 3.63) is 45.4 Å². The lowest BCUT2D eigenvalue weighted by Crippen LogP contribution is -2.20. The molecule has 0 fully saturated rings. The first kappa shape index (κ1) is 19.6. The van der Waals surface area contributed by atoms with Crippen LogP contribution in [0.5, 0.6) is 5.75 Å². The monoisotopic (exact) mass is 377 g/mol. The molecule has 7 heteroatoms. The van der Waals surface area contributed by atoms with Gasteiger partial charge in [-0.2, -0.15) is 0 Å². The minimum Gasteiger partial charge on any atom is -0.402 e. The third-order valence-electron chi connectivity index (χ3n) is 4.03. The van der Waals surface area contributed by atoms with Crippen LogP contribution in [0.25, 0.3) is 0 Å². The lowest BCUT2D eigenvalue weighted by Gasteiger charge is -2.16. The summed E-state index contributed by atoms with van der Waals surface area (Å²) in [4.78, 5) is 10.5. The average molecular weight is 378 g/mol. The molecule has 1 heterocycles. The lowest BCUT2D eigenvalue weighted by molar-refractivity contribution is 0.357. The summed E-state index contributed by atoms with van der Waals surface area (Å²) in [5.41, 5.74) is 5.78. The normalized spacial score (nSPS) is 11.8. The van der Waals surface area contributed by atoms with Crippen molar-refractivity contribution in [1.29, 1.82) is 5.41 Å². The number of amidine groups is 1. The Morgan fingerprint density at radius 3 is 2.76 bits per heavy atom. The van der Waals surface area contributed by atoms with Gasteiger partial charge in [-0.1, -0.05) is 13.0 Å². The van der Waals surface area contributed by atoms with E-state index < -0.39 is 0 Å². The van der Waals surface area contributed by atoms with Gasteiger partial charge in [-0.25, -0.2) is 4.98 Å². The molecule has 25 heavy (non-hydrogen) atoms. The van der Waals surface area contributed by atoms with Crippen LogP contribution in [0.4, 0.5) is 0 Å². The largest absolute Gasteiger partial charge is 0.414 e. The first-order valence-electron chi connectivity index (χ1n) is 8.14. The number of hydrogen-bond donors (Lipinski definition) is 1. The quantitative estimate of drug-likeness (QED) is 0.478. The predicted molar refractivity (Wildman–Crippen MR) is 110 cm³/mol. The number of nitrogens with zero attached hydrogens (tertiary/aromatic N) is 3. The molecular formula is C18H25N4OS2+. The summed E-state index contributed by atoms with van der Waals surface area (Å²) in [7, 11) is 2.13. The fourth-order valence-electron chi connectivity index (χ4n) is 2.31. The molecule has 0 unspecified atom stereocenters. The van der Waals surface area contributed by atoms with E-state index >= 15 is 0 Å². The van der Waals surface area contributed by atoms with E-state index in [-0.39, 0.29) is 11.1 Å². The number of hydrogen-bond acceptors (Lipinski definition) is 5. The van der Waals surface area contributed by atoms with Crippen LogP contribution in [0.1, 0.15) is 29.3 Å². The molecule has 1 aromatic carbocycles. The fraction of sp³-hybridized carbons (Fsp3) is 0.389. The molecule has 0 radical (unpaired) electrons. The summed E-state index contributed by atoms with van der Waals surface area (Å²) in [6.07, 6.45) is 1.01. The van der Waals surface area contributed by atoms with Gasteiger partial charge in [0.25, 0.3) is 0 Å². The topological polar surface area (TPSA) is 61.6 Å². The van der Waals surface area contributed by atoms with Crippen LogP contribution in [-0.4, -0.2) is 41.1 Å². The minimum atomic E-state index is 0.0693. The lowest BCUT2D eigenvalue weighted by atomic mass is 10.0. The summed E-state index contributed by atoms with van der Waals surface area (Å²) >= 11 is 4.78. The van der Waals surface area contributed by atoms with Crippen molar-refractivity contribution in [3.63, 3.8) is 0 Å². The number of likely N-dealkylation sites (N-methyl/N-ethyl adjacent to an activating group) is 1. The fourth-order valence-corrected chi connectivity index (χ4v) is 3.07. The molecule has 5 nitrogen and oxygen atoms in total. The second-order valence-electron chi connectivity index (χ2n) is 5.93. The Morgan fingerprint density at radius 2 is 2.12 bits per heavy atom. The standard InChI is InChI=1S/C18H24N4OS2/c1-5-22(4)7-6-14-8-13(3)16(9-12(14)2)23-18(24)21-17(19)15-10-25-11-20-15/h8-11H,5-7H2,1-4H3,(H2,19,21,24)/p+1. The van der Waals surface area contributed by atoms with Crippen molar-refractivity contribution in [2.75, 3.05) is 20.1 Å². The highest BCUT2D eigenvalue weighted by Crippen LogP contribution is 2.23. The van der Waals surface area contributed by atoms with Crippen LogP contribution >= 0.6 is 11.3 Å². The molecule has 0 aliphatic heterocycles. The number of rotatable bonds is 6. The molecule has 0 bridgehead atoms. The summed E-state index contributed by atoms with van der Waals surface area (Å²) in [5, 5.41) is 9.96. The Balaban J connectivity index is 2.09. The maximum Gasteiger partial charge on any atom is 0.414 e. The minimum absolute atomic E-state index is 0.0693. The van der Waals surface area contributed by atoms with Crippen LogP contribution in [0.3, 0.4) is 0 Å². The highest BCUT2D eigenvalue weighted by molar-refractivity contribution is 7.77. The second-order valence-corrected chi connectivity index (χ2v) is 7.08. The highest BCUT2D eigenvalue weighted by atomic mass is 32.1. The smallest absolute Gasteiger partial charge is 0.402 e. The van der Waals surface area contributed by atoms with Crippen molar-refractivity contribution in [1.82, 2.24) is 9.88 Å². The zero-order valence-corrected chi connectivity index (χ0v) is 16.9. The third-order valence-corrected chi connectivity index (χ3v) is 4.83. The van der Waals surface area contributed by atoms with Crippen molar-refractivity contribution in [3.8, 4) is 5.75 Å². The van der Waals surface area contributed by atoms with Gasteiger partial charge in [-0.3, -0.25) is 5.41 Å². The van der Waals surface area contributed by atoms with E-state index in [4.69, 9.17) is 10.1 Å². The number of aliphatic imine (C=N–C) groups is 1. The second kappa shape index (κ2) is 9.12. The number of aryl methyl sites for hydroxylation is 2. The molecule has 1 aromatic heterocycles. The van der Waals surface area contributed by atoms with E-state index in [2.05, 4.69) is 54.5 Å². The molecule has 2 rings (SSSR count). The summed E-state index contributed by atoms with van der Waals surface area (Å²) < 4.78 is 5.78. The van der Waals surface area contributed by atoms with Crippen LogP contribution in [-0.2, 0) is 19.0 Å². The molecular weight excluding hydrogens is 352 g/mol. The summed E-state index contributed by atoms with van der Waals surface area (Å²) in [6.45, 7) is 8.36. The average Bonchev–Trinajstić information content (AvgIpc) is 3.10. The van der Waals surface area contributed by atoms with Gasteiger partial charge >= 0.3 is 5.23 Å². The number of nitrogens with one attached hydrogen (secondary N) is 1. The van der Waals surface area contributed by atoms with E-state index in [9.17, 15) is 0 Å². The Labute approximate surface area is 158 Å². The van der Waals surface area contributed by atoms with Gasteiger partial charge < -0.3 is 9.64 Å². The van der Waals surface area contributed by atoms with E-state index in [1.54, 1.807) is 10.9 Å². The molecule has 0 aliphatic rings. The predicted octanol–water partition coefficient (Wildman–Crippen LogP) is 3.03. The van der Waals surface area contributed by atoms with Crippen LogP contribution in [0, 0.1) is 19.3 Å². The Hall–Kier alpha value is -1.70. The van der Waals surface area contributed by atoms with Crippen molar-refractivity contribution in [2.24, 2.45) is 4.99 Å². The summed E-state index contributed by atoms with van der Waals surface area (Å²) in [5.74, 6) is 0.810. The molecule has 0 saturated carbocycles. The van der Waals surface area contributed by atoms with Gasteiger partial charge in [-0.05, 0) is 56.6 Å². The molecule has 2 aromatic rings. The van der Waals surface area contributed by atoms with Gasteiger partial charge in [0.15, 0.2) is 5.84 Å². The van der Waals surface area contributed by atoms with E-state index in [1.807, 2.05) is 13.0 Å². The molecule has 0 atom stereocenters. The highest BCUT2D eigenvalue weighted by Gasteiger charge is 2.12. The zero-order valence-electron chi connectivity index (χ0n) is 15.1. The van der Waals surface area contributed by atoms with Gasteiger partial charge in [0.1, 0.15) is 11.4 Å². The first-order chi connectivity index (χ1) is 11.9. The molecule has 1 N–H and O–H groups in total. The number of ether oxygens (including phenoxy) is 1. The van der Waals surface area contributed by atoms with Crippen molar-refractivity contribution >= 4 is 35.0 Å². The molecule has 0 saturated heterocycles. The SMILES string of the molecule is CCN(C)CCc1cc(C)c(OC([SH2+])=NC(=N)c2cscn2)cc1C. The van der Waals surface area contributed by atoms with E-state index in [0.717, 1.165) is 30.8 Å². The van der Waals surface area contributed by atoms with Gasteiger partial charge in [-0.15, -0.1) is 16.3 Å². The Morgan fingerprint density at radius 1 is 1.36 bits per heavy atom. The van der Waals surface area contributed by atoms with Gasteiger partial charge in [0.2, 0.25) is 0 Å². The first-order valence-corrected chi connectivity index (χ1v) is 9.59. The van der Waals surface area contributed by atoms with Crippen molar-refractivity contribution in [2.45, 2.75) is 27.2 Å². The number of aromatic nitrogens is 1. The molecule has 134 valence electrons. The molecule has 0 spiro atoms. The van der Waals surface area contributed by atoms with Crippen molar-refractivity contribution < 1.29 is 4.74 Å².